The Bertz CT molecular complexity index is 878. The maximum atomic E-state index is 13.1. The van der Waals surface area contributed by atoms with Crippen molar-refractivity contribution in [3.05, 3.63) is 0 Å². The summed E-state index contributed by atoms with van der Waals surface area (Å²) in [6, 6.07) is 0. The normalized spacial score (nSPS) is 15.7. The Kier molecular flexibility index (Phi) is 11.2. The van der Waals surface area contributed by atoms with E-state index in [2.05, 4.69) is 27.7 Å². The van der Waals surface area contributed by atoms with Crippen molar-refractivity contribution in [2.75, 3.05) is 26.2 Å². The fourth-order valence-corrected chi connectivity index (χ4v) is 3.19. The van der Waals surface area contributed by atoms with E-state index in [1.165, 1.54) is 30.7 Å². The molecule has 0 N–H and O–H groups in total. The first-order valence-corrected chi connectivity index (χ1v) is 11.5. The number of hydrogen-bond acceptors (Lipinski definition) is 3. The van der Waals surface area contributed by atoms with Gasteiger partial charge in [-0.15, -0.1) is 0 Å². The highest BCUT2D eigenvalue weighted by Crippen LogP contribution is 2.64. The Hall–Kier alpha value is -1.25. The SMILES string of the molecule is CC(F)(F)C(F)(F)C(F)(F)C(F)(F)C(F)(F)C(F)(F)C(F)(F)C(F)(F)S(=O)(=O)[O-].CC[N+](CC)(CC)CC. The molecule has 232 valence electrons. The van der Waals surface area contributed by atoms with Gasteiger partial charge in [0.05, 0.1) is 26.2 Å². The minimum absolute atomic E-state index is 1.28. The lowest BCUT2D eigenvalue weighted by Gasteiger charge is -2.43. The zero-order chi connectivity index (χ0) is 31.8. The topological polar surface area (TPSA) is 57.2 Å². The number of rotatable bonds is 12. The summed E-state index contributed by atoms with van der Waals surface area (Å²) < 4.78 is 237. The number of hydrogen-bond donors (Lipinski definition) is 0. The summed E-state index contributed by atoms with van der Waals surface area (Å²) in [5.74, 6) is -56.9. The molecular weight excluding hydrogens is 602 g/mol. The van der Waals surface area contributed by atoms with E-state index < -0.39 is 63.8 Å². The first-order chi connectivity index (χ1) is 16.2. The van der Waals surface area contributed by atoms with Crippen LogP contribution in [0.2, 0.25) is 0 Å². The van der Waals surface area contributed by atoms with Gasteiger partial charge in [0, 0.05) is 6.92 Å². The van der Waals surface area contributed by atoms with Crippen LogP contribution in [0.1, 0.15) is 34.6 Å². The van der Waals surface area contributed by atoms with Crippen molar-refractivity contribution in [3.8, 4) is 0 Å². The maximum Gasteiger partial charge on any atom is 0.402 e. The number of nitrogens with zero attached hydrogens (tertiary/aromatic N) is 1. The molecule has 0 bridgehead atoms. The summed E-state index contributed by atoms with van der Waals surface area (Å²) >= 11 is 0. The standard InChI is InChI=1S/C9H4F16O3S.C8H20N/c1-2(10,11)3(12,13)4(14,15)5(16,17)6(18,19)7(20,21)8(22,23)9(24,25)29(26,27)28;1-5-9(6-2,7-3)8-4/h1H3,(H,26,27,28);5-8H2,1-4H3/q;+1/p-1. The second kappa shape index (κ2) is 11.0. The van der Waals surface area contributed by atoms with Crippen LogP contribution in [-0.4, -0.2) is 90.3 Å². The predicted molar refractivity (Wildman–Crippen MR) is 97.4 cm³/mol. The van der Waals surface area contributed by atoms with E-state index in [0.717, 1.165) is 0 Å². The van der Waals surface area contributed by atoms with Gasteiger partial charge in [0.15, 0.2) is 10.1 Å². The number of quaternary nitrogens is 1. The van der Waals surface area contributed by atoms with E-state index >= 15 is 0 Å². The zero-order valence-electron chi connectivity index (χ0n) is 20.0. The van der Waals surface area contributed by atoms with Crippen LogP contribution in [0.15, 0.2) is 0 Å². The molecule has 0 aromatic carbocycles. The number of halogens is 16. The minimum Gasteiger partial charge on any atom is -0.743 e. The fourth-order valence-electron chi connectivity index (χ4n) is 2.75. The van der Waals surface area contributed by atoms with Crippen molar-refractivity contribution in [2.45, 2.75) is 81.3 Å². The van der Waals surface area contributed by atoms with Crippen molar-refractivity contribution in [3.63, 3.8) is 0 Å². The van der Waals surface area contributed by atoms with Crippen LogP contribution in [0.5, 0.6) is 0 Å². The van der Waals surface area contributed by atoms with Crippen LogP contribution in [0, 0.1) is 0 Å². The fraction of sp³-hybridized carbons (Fsp3) is 1.00. The van der Waals surface area contributed by atoms with Gasteiger partial charge in [-0.3, -0.25) is 0 Å². The molecule has 0 atom stereocenters. The first-order valence-electron chi connectivity index (χ1n) is 10.1. The lowest BCUT2D eigenvalue weighted by atomic mass is 9.89. The Labute approximate surface area is 206 Å². The molecule has 0 heterocycles. The van der Waals surface area contributed by atoms with Crippen LogP contribution >= 0.6 is 0 Å². The van der Waals surface area contributed by atoms with Crippen LogP contribution in [0.4, 0.5) is 70.2 Å². The molecule has 0 aliphatic heterocycles. The molecule has 0 saturated carbocycles. The van der Waals surface area contributed by atoms with Gasteiger partial charge >= 0.3 is 46.7 Å². The molecule has 38 heavy (non-hydrogen) atoms. The van der Waals surface area contributed by atoms with E-state index in [0.29, 0.717) is 0 Å². The molecule has 0 aromatic heterocycles. The summed E-state index contributed by atoms with van der Waals surface area (Å²) in [6.07, 6.45) is 0. The van der Waals surface area contributed by atoms with Gasteiger partial charge in [-0.1, -0.05) is 0 Å². The van der Waals surface area contributed by atoms with Crippen molar-refractivity contribution in [1.82, 2.24) is 0 Å². The quantitative estimate of drug-likeness (QED) is 0.142. The Morgan fingerprint density at radius 3 is 0.868 bits per heavy atom. The van der Waals surface area contributed by atoms with E-state index in [9.17, 15) is 83.2 Å². The highest BCUT2D eigenvalue weighted by Gasteiger charge is 2.95. The summed E-state index contributed by atoms with van der Waals surface area (Å²) in [4.78, 5) is 0. The van der Waals surface area contributed by atoms with Gasteiger partial charge in [-0.25, -0.2) is 8.42 Å². The third kappa shape index (κ3) is 5.78. The van der Waals surface area contributed by atoms with Gasteiger partial charge in [-0.2, -0.15) is 70.2 Å². The second-order valence-corrected chi connectivity index (χ2v) is 9.33. The Balaban J connectivity index is 0. The molecule has 21 heteroatoms. The Morgan fingerprint density at radius 1 is 0.500 bits per heavy atom. The second-order valence-electron chi connectivity index (χ2n) is 7.91. The maximum absolute atomic E-state index is 13.1. The average Bonchev–Trinajstić information content (AvgIpc) is 2.73. The summed E-state index contributed by atoms with van der Waals surface area (Å²) in [6.45, 7) is 12.9. The molecule has 0 aliphatic carbocycles. The average molecular weight is 625 g/mol. The molecule has 0 rings (SSSR count). The van der Waals surface area contributed by atoms with Crippen LogP contribution in [0.25, 0.3) is 0 Å². The van der Waals surface area contributed by atoms with Gasteiger partial charge in [0.2, 0.25) is 0 Å². The van der Waals surface area contributed by atoms with E-state index in [4.69, 9.17) is 0 Å². The first kappa shape index (κ1) is 38.9. The van der Waals surface area contributed by atoms with Crippen LogP contribution in [0.3, 0.4) is 0 Å². The van der Waals surface area contributed by atoms with Crippen molar-refractivity contribution >= 4 is 10.1 Å². The number of alkyl halides is 16. The smallest absolute Gasteiger partial charge is 0.402 e. The molecule has 0 unspecified atom stereocenters. The lowest BCUT2D eigenvalue weighted by Crippen LogP contribution is -2.75. The largest absolute Gasteiger partial charge is 0.743 e. The monoisotopic (exact) mass is 625 g/mol. The van der Waals surface area contributed by atoms with Crippen LogP contribution in [-0.2, 0) is 10.1 Å². The van der Waals surface area contributed by atoms with Gasteiger partial charge in [0.1, 0.15) is 0 Å². The lowest BCUT2D eigenvalue weighted by molar-refractivity contribution is -0.921. The summed E-state index contributed by atoms with van der Waals surface area (Å²) in [5.41, 5.74) is 0. The molecule has 0 fully saturated rings. The van der Waals surface area contributed by atoms with E-state index in [-0.39, 0.29) is 0 Å². The zero-order valence-corrected chi connectivity index (χ0v) is 20.8. The molecule has 0 aromatic rings. The van der Waals surface area contributed by atoms with E-state index in [1.807, 2.05) is 0 Å². The van der Waals surface area contributed by atoms with Crippen LogP contribution < -0.4 is 0 Å². The molecule has 0 spiro atoms. The third-order valence-corrected chi connectivity index (χ3v) is 6.77. The molecule has 0 radical (unpaired) electrons. The Morgan fingerprint density at radius 2 is 0.711 bits per heavy atom. The van der Waals surface area contributed by atoms with Gasteiger partial charge in [0.25, 0.3) is 0 Å². The molecule has 0 saturated heterocycles. The van der Waals surface area contributed by atoms with Crippen molar-refractivity contribution in [2.24, 2.45) is 0 Å². The summed E-state index contributed by atoms with van der Waals surface area (Å²) in [5, 5.41) is -7.88. The van der Waals surface area contributed by atoms with Gasteiger partial charge < -0.3 is 9.04 Å². The van der Waals surface area contributed by atoms with E-state index in [1.54, 1.807) is 0 Å². The molecule has 0 aliphatic rings. The highest BCUT2D eigenvalue weighted by molar-refractivity contribution is 7.86. The highest BCUT2D eigenvalue weighted by atomic mass is 32.2. The molecule has 0 amide bonds. The summed E-state index contributed by atoms with van der Waals surface area (Å²) in [7, 11) is -8.08. The molecule has 4 nitrogen and oxygen atoms in total. The predicted octanol–water partition coefficient (Wildman–Crippen LogP) is 6.47. The van der Waals surface area contributed by atoms with Crippen molar-refractivity contribution in [1.29, 1.82) is 0 Å². The third-order valence-electron chi connectivity index (χ3n) is 5.89. The minimum atomic E-state index is -8.75. The van der Waals surface area contributed by atoms with Gasteiger partial charge in [-0.05, 0) is 27.7 Å². The van der Waals surface area contributed by atoms with Crippen molar-refractivity contribution < 1.29 is 87.7 Å². The molecular formula is C17H23F16NO3S.